The number of halogens is 1. The number of aliphatic imine (C=N–C) groups is 1. The van der Waals surface area contributed by atoms with E-state index in [4.69, 9.17) is 26.2 Å². The number of hydrogen-bond donors (Lipinski definition) is 4. The third-order valence-corrected chi connectivity index (χ3v) is 6.18. The summed E-state index contributed by atoms with van der Waals surface area (Å²) in [5.41, 5.74) is 13.7. The van der Waals surface area contributed by atoms with E-state index in [1.807, 2.05) is 31.3 Å². The van der Waals surface area contributed by atoms with E-state index in [2.05, 4.69) is 36.5 Å². The number of guanidine groups is 1. The first-order valence-electron chi connectivity index (χ1n) is 10.6. The minimum atomic E-state index is -0.673. The second-order valence-corrected chi connectivity index (χ2v) is 8.54. The molecule has 170 valence electrons. The van der Waals surface area contributed by atoms with E-state index in [0.717, 1.165) is 25.7 Å². The van der Waals surface area contributed by atoms with Crippen LogP contribution in [0.3, 0.4) is 0 Å². The lowest BCUT2D eigenvalue weighted by molar-refractivity contribution is 0.195. The van der Waals surface area contributed by atoms with Crippen LogP contribution in [0.15, 0.2) is 21.6 Å². The average Bonchev–Trinajstić information content (AvgIpc) is 3.29. The maximum absolute atomic E-state index is 9.52. The Labute approximate surface area is 199 Å². The van der Waals surface area contributed by atoms with Crippen LogP contribution in [0, 0.1) is 22.8 Å². The smallest absolute Gasteiger partial charge is 0.211 e. The molecule has 10 nitrogen and oxygen atoms in total. The van der Waals surface area contributed by atoms with Gasteiger partial charge in [-0.25, -0.2) is 9.98 Å². The van der Waals surface area contributed by atoms with Gasteiger partial charge in [0.15, 0.2) is 17.7 Å². The lowest BCUT2D eigenvalue weighted by atomic mass is 9.95. The van der Waals surface area contributed by atoms with Gasteiger partial charge in [0.2, 0.25) is 5.96 Å². The molecule has 0 bridgehead atoms. The predicted octanol–water partition coefficient (Wildman–Crippen LogP) is 3.54. The summed E-state index contributed by atoms with van der Waals surface area (Å²) in [6.07, 6.45) is 6.31. The van der Waals surface area contributed by atoms with Gasteiger partial charge in [0.1, 0.15) is 29.3 Å². The molecule has 1 unspecified atom stereocenters. The topological polar surface area (TPSA) is 167 Å². The number of ether oxygens (including phenoxy) is 2. The highest BCUT2D eigenvalue weighted by Gasteiger charge is 2.31. The Hall–Kier alpha value is -3.70. The van der Waals surface area contributed by atoms with Crippen LogP contribution >= 0.6 is 15.9 Å². The molecule has 0 radical (unpaired) electrons. The van der Waals surface area contributed by atoms with Crippen molar-refractivity contribution in [2.45, 2.75) is 44.8 Å². The van der Waals surface area contributed by atoms with Crippen molar-refractivity contribution in [3.05, 3.63) is 33.3 Å². The number of aromatic nitrogens is 1. The van der Waals surface area contributed by atoms with Gasteiger partial charge >= 0.3 is 0 Å². The summed E-state index contributed by atoms with van der Waals surface area (Å²) in [5, 5.41) is 24.0. The molecule has 0 saturated heterocycles. The summed E-state index contributed by atoms with van der Waals surface area (Å²) in [5.74, 6) is 1.71. The van der Waals surface area contributed by atoms with Gasteiger partial charge in [-0.1, -0.05) is 0 Å². The van der Waals surface area contributed by atoms with Gasteiger partial charge in [-0.05, 0) is 66.2 Å². The molecule has 1 aliphatic carbocycles. The molecule has 1 atom stereocenters. The maximum Gasteiger partial charge on any atom is 0.211 e. The predicted molar refractivity (Wildman–Crippen MR) is 128 cm³/mol. The number of fused-ring (bicyclic) bond motifs is 1. The molecule has 1 saturated carbocycles. The van der Waals surface area contributed by atoms with Crippen molar-refractivity contribution < 1.29 is 9.47 Å². The van der Waals surface area contributed by atoms with Gasteiger partial charge in [0.05, 0.1) is 22.9 Å². The molecule has 2 heterocycles. The highest BCUT2D eigenvalue weighted by molar-refractivity contribution is 9.10. The normalized spacial score (nSPS) is 17.2. The molecular formula is C22H23BrN8O2. The Morgan fingerprint density at radius 2 is 2.03 bits per heavy atom. The standard InChI is InChI=1S/C22H23BrN8O2/c1-2-32-15-8-11(7-14(23)19(15)33-12-5-3-4-6-12)18-16-17(26)13(9-24)20(27)30-21(16)31-22(29-18)28-10-25/h7-8,12,18H,2-6H2,1H3,(H6,26,27,28,29,30,31). The minimum Gasteiger partial charge on any atom is -0.490 e. The molecular weight excluding hydrogens is 488 g/mol. The molecule has 0 spiro atoms. The largest absolute Gasteiger partial charge is 0.490 e. The van der Waals surface area contributed by atoms with Crippen LogP contribution in [0.2, 0.25) is 0 Å². The number of nitrogens with one attached hydrogen (secondary N) is 2. The van der Waals surface area contributed by atoms with E-state index in [9.17, 15) is 5.26 Å². The van der Waals surface area contributed by atoms with Crippen LogP contribution in [0.4, 0.5) is 17.3 Å². The fourth-order valence-corrected chi connectivity index (χ4v) is 4.67. The minimum absolute atomic E-state index is 0.00490. The number of anilines is 3. The average molecular weight is 511 g/mol. The first-order chi connectivity index (χ1) is 16.0. The molecule has 1 aromatic heterocycles. The quantitative estimate of drug-likeness (QED) is 0.347. The van der Waals surface area contributed by atoms with Crippen LogP contribution in [-0.2, 0) is 0 Å². The summed E-state index contributed by atoms with van der Waals surface area (Å²) < 4.78 is 12.9. The lowest BCUT2D eigenvalue weighted by Gasteiger charge is -2.27. The Bertz CT molecular complexity index is 1190. The maximum atomic E-state index is 9.52. The number of nitrogen functional groups attached to an aromatic ring is 2. The van der Waals surface area contributed by atoms with E-state index in [1.165, 1.54) is 0 Å². The highest BCUT2D eigenvalue weighted by Crippen LogP contribution is 2.45. The zero-order valence-electron chi connectivity index (χ0n) is 18.0. The van der Waals surface area contributed by atoms with Gasteiger partial charge in [-0.2, -0.15) is 10.5 Å². The third kappa shape index (κ3) is 4.32. The molecule has 4 rings (SSSR count). The van der Waals surface area contributed by atoms with Crippen LogP contribution in [-0.4, -0.2) is 23.7 Å². The van der Waals surface area contributed by atoms with Crippen molar-refractivity contribution in [1.29, 1.82) is 10.5 Å². The number of benzene rings is 1. The van der Waals surface area contributed by atoms with Gasteiger partial charge in [-0.3, -0.25) is 5.32 Å². The summed E-state index contributed by atoms with van der Waals surface area (Å²) in [6, 6.07) is 5.05. The molecule has 0 amide bonds. The van der Waals surface area contributed by atoms with Crippen LogP contribution < -0.4 is 31.6 Å². The number of rotatable bonds is 5. The molecule has 2 aliphatic rings. The van der Waals surface area contributed by atoms with Crippen molar-refractivity contribution >= 4 is 39.2 Å². The van der Waals surface area contributed by atoms with E-state index < -0.39 is 6.04 Å². The van der Waals surface area contributed by atoms with Crippen molar-refractivity contribution in [3.8, 4) is 23.8 Å². The molecule has 11 heteroatoms. The number of hydrogen-bond acceptors (Lipinski definition) is 10. The first kappa shape index (κ1) is 22.5. The van der Waals surface area contributed by atoms with Crippen molar-refractivity contribution in [2.75, 3.05) is 23.4 Å². The van der Waals surface area contributed by atoms with Gasteiger partial charge in [-0.15, -0.1) is 0 Å². The third-order valence-electron chi connectivity index (χ3n) is 5.59. The van der Waals surface area contributed by atoms with E-state index in [0.29, 0.717) is 39.5 Å². The lowest BCUT2D eigenvalue weighted by Crippen LogP contribution is -2.32. The monoisotopic (exact) mass is 510 g/mol. The summed E-state index contributed by atoms with van der Waals surface area (Å²) >= 11 is 3.63. The first-order valence-corrected chi connectivity index (χ1v) is 11.4. The number of nitrogens with zero attached hydrogens (tertiary/aromatic N) is 4. The molecule has 1 aromatic carbocycles. The zero-order chi connectivity index (χ0) is 23.5. The molecule has 2 aromatic rings. The van der Waals surface area contributed by atoms with Crippen molar-refractivity contribution in [1.82, 2.24) is 10.3 Å². The van der Waals surface area contributed by atoms with Crippen LogP contribution in [0.1, 0.15) is 55.3 Å². The molecule has 6 N–H and O–H groups in total. The Morgan fingerprint density at radius 1 is 1.27 bits per heavy atom. The molecule has 1 fully saturated rings. The summed E-state index contributed by atoms with van der Waals surface area (Å²) in [7, 11) is 0. The Balaban J connectivity index is 1.85. The number of nitrogens with two attached hydrogens (primary N) is 2. The second kappa shape index (κ2) is 9.43. The van der Waals surface area contributed by atoms with Crippen molar-refractivity contribution in [2.24, 2.45) is 4.99 Å². The SMILES string of the molecule is CCOc1cc(C2N=C(NC#N)Nc3nc(N)c(C#N)c(N)c32)cc(Br)c1OC1CCCC1. The van der Waals surface area contributed by atoms with Crippen LogP contribution in [0.5, 0.6) is 11.5 Å². The highest BCUT2D eigenvalue weighted by atomic mass is 79.9. The van der Waals surface area contributed by atoms with Gasteiger partial charge in [0, 0.05) is 5.56 Å². The molecule has 1 aliphatic heterocycles. The Kier molecular flexibility index (Phi) is 6.43. The zero-order valence-corrected chi connectivity index (χ0v) is 19.6. The summed E-state index contributed by atoms with van der Waals surface area (Å²) in [4.78, 5) is 8.90. The molecule has 33 heavy (non-hydrogen) atoms. The van der Waals surface area contributed by atoms with Crippen LogP contribution in [0.25, 0.3) is 0 Å². The summed E-state index contributed by atoms with van der Waals surface area (Å²) in [6.45, 7) is 2.35. The second-order valence-electron chi connectivity index (χ2n) is 7.69. The fraction of sp³-hybridized carbons (Fsp3) is 0.364. The Morgan fingerprint density at radius 3 is 2.70 bits per heavy atom. The van der Waals surface area contributed by atoms with E-state index in [-0.39, 0.29) is 29.1 Å². The number of nitriles is 2. The number of pyridine rings is 1. The van der Waals surface area contributed by atoms with Gasteiger partial charge in [0.25, 0.3) is 0 Å². The van der Waals surface area contributed by atoms with E-state index >= 15 is 0 Å². The fourth-order valence-electron chi connectivity index (χ4n) is 4.12. The van der Waals surface area contributed by atoms with Gasteiger partial charge < -0.3 is 26.3 Å². The van der Waals surface area contributed by atoms with Crippen molar-refractivity contribution in [3.63, 3.8) is 0 Å². The van der Waals surface area contributed by atoms with E-state index in [1.54, 1.807) is 0 Å².